The van der Waals surface area contributed by atoms with E-state index in [-0.39, 0.29) is 31.2 Å². The number of likely N-dealkylation sites (tertiary alicyclic amines) is 2. The Hall–Kier alpha value is -2.51. The van der Waals surface area contributed by atoms with E-state index in [1.54, 1.807) is 9.80 Å². The lowest BCUT2D eigenvalue weighted by atomic mass is 9.78. The first-order valence-corrected chi connectivity index (χ1v) is 9.42. The van der Waals surface area contributed by atoms with Gasteiger partial charge in [-0.1, -0.05) is 6.07 Å². The summed E-state index contributed by atoms with van der Waals surface area (Å²) in [7, 11) is 1.28. The molecular weight excluding hydrogens is 370 g/mol. The molecule has 0 aromatic heterocycles. The highest BCUT2D eigenvalue weighted by Gasteiger charge is 2.49. The number of hydrogen-bond donors (Lipinski definition) is 0. The summed E-state index contributed by atoms with van der Waals surface area (Å²) in [5.41, 5.74) is -0.0918. The lowest BCUT2D eigenvalue weighted by Crippen LogP contribution is -2.50. The molecule has 1 atom stereocenters. The van der Waals surface area contributed by atoms with Gasteiger partial charge in [-0.25, -0.2) is 8.78 Å². The molecule has 2 aliphatic rings. The zero-order valence-electron chi connectivity index (χ0n) is 15.9. The van der Waals surface area contributed by atoms with Crippen molar-refractivity contribution < 1.29 is 27.9 Å². The van der Waals surface area contributed by atoms with Crippen molar-refractivity contribution in [3.8, 4) is 0 Å². The smallest absolute Gasteiger partial charge is 0.306 e. The standard InChI is InChI=1S/C20H24F2N2O4/c1-28-18(26)6-5-17(25)24-10-8-20(13-24)7-2-9-23(19(20)27)12-14-3-4-15(21)16(22)11-14/h3-4,11H,2,5-10,12-13H2,1H3. The molecule has 3 rings (SSSR count). The van der Waals surface area contributed by atoms with Crippen LogP contribution < -0.4 is 0 Å². The molecule has 1 aromatic carbocycles. The molecule has 2 fully saturated rings. The molecule has 0 bridgehead atoms. The van der Waals surface area contributed by atoms with Crippen LogP contribution in [0.4, 0.5) is 8.78 Å². The normalized spacial score (nSPS) is 22.0. The van der Waals surface area contributed by atoms with E-state index in [2.05, 4.69) is 4.74 Å². The van der Waals surface area contributed by atoms with Crippen LogP contribution in [0.25, 0.3) is 0 Å². The van der Waals surface area contributed by atoms with E-state index in [0.717, 1.165) is 18.6 Å². The number of piperidine rings is 1. The van der Waals surface area contributed by atoms with Crippen LogP contribution in [-0.4, -0.2) is 54.3 Å². The number of carbonyl (C=O) groups is 3. The fraction of sp³-hybridized carbons (Fsp3) is 0.550. The fourth-order valence-corrected chi connectivity index (χ4v) is 4.09. The van der Waals surface area contributed by atoms with Crippen molar-refractivity contribution in [1.82, 2.24) is 9.80 Å². The molecule has 1 spiro atoms. The Balaban J connectivity index is 1.64. The molecule has 2 amide bonds. The molecule has 0 saturated carbocycles. The topological polar surface area (TPSA) is 66.9 Å². The molecule has 2 saturated heterocycles. The van der Waals surface area contributed by atoms with Gasteiger partial charge in [0.2, 0.25) is 11.8 Å². The zero-order chi connectivity index (χ0) is 20.3. The number of benzene rings is 1. The zero-order valence-corrected chi connectivity index (χ0v) is 15.9. The molecule has 2 aliphatic heterocycles. The first-order chi connectivity index (χ1) is 13.3. The number of esters is 1. The fourth-order valence-electron chi connectivity index (χ4n) is 4.09. The van der Waals surface area contributed by atoms with Crippen LogP contribution in [0.1, 0.15) is 37.7 Å². The van der Waals surface area contributed by atoms with Crippen molar-refractivity contribution in [3.63, 3.8) is 0 Å². The molecule has 28 heavy (non-hydrogen) atoms. The van der Waals surface area contributed by atoms with Crippen molar-refractivity contribution in [3.05, 3.63) is 35.4 Å². The van der Waals surface area contributed by atoms with Gasteiger partial charge in [-0.05, 0) is 37.0 Å². The third-order valence-corrected chi connectivity index (χ3v) is 5.66. The van der Waals surface area contributed by atoms with E-state index in [0.29, 0.717) is 38.0 Å². The number of methoxy groups -OCH3 is 1. The Morgan fingerprint density at radius 2 is 1.93 bits per heavy atom. The molecule has 1 aromatic rings. The Bertz CT molecular complexity index is 785. The third kappa shape index (κ3) is 4.15. The van der Waals surface area contributed by atoms with Gasteiger partial charge in [0.25, 0.3) is 0 Å². The van der Waals surface area contributed by atoms with E-state index in [1.165, 1.54) is 13.2 Å². The maximum absolute atomic E-state index is 13.5. The van der Waals surface area contributed by atoms with Crippen molar-refractivity contribution in [2.75, 3.05) is 26.7 Å². The maximum Gasteiger partial charge on any atom is 0.306 e. The van der Waals surface area contributed by atoms with Crippen LogP contribution in [-0.2, 0) is 25.7 Å². The van der Waals surface area contributed by atoms with Gasteiger partial charge in [0, 0.05) is 32.6 Å². The molecule has 8 heteroatoms. The summed E-state index contributed by atoms with van der Waals surface area (Å²) in [5.74, 6) is -2.49. The van der Waals surface area contributed by atoms with E-state index < -0.39 is 23.0 Å². The number of carbonyl (C=O) groups excluding carboxylic acids is 3. The summed E-state index contributed by atoms with van der Waals surface area (Å²) in [5, 5.41) is 0. The van der Waals surface area contributed by atoms with Gasteiger partial charge in [-0.3, -0.25) is 14.4 Å². The summed E-state index contributed by atoms with van der Waals surface area (Å²) < 4.78 is 31.1. The molecule has 2 heterocycles. The predicted molar refractivity (Wildman–Crippen MR) is 95.9 cm³/mol. The predicted octanol–water partition coefficient (Wildman–Crippen LogP) is 2.26. The van der Waals surface area contributed by atoms with Gasteiger partial charge in [0.05, 0.1) is 18.9 Å². The molecule has 6 nitrogen and oxygen atoms in total. The minimum absolute atomic E-state index is 0.0229. The second-order valence-corrected chi connectivity index (χ2v) is 7.50. The molecule has 152 valence electrons. The van der Waals surface area contributed by atoms with Crippen LogP contribution in [0.3, 0.4) is 0 Å². The average Bonchev–Trinajstić information content (AvgIpc) is 3.11. The number of halogens is 2. The molecular formula is C20H24F2N2O4. The second kappa shape index (κ2) is 8.24. The summed E-state index contributed by atoms with van der Waals surface area (Å²) in [4.78, 5) is 40.0. The van der Waals surface area contributed by atoms with Crippen LogP contribution in [0.5, 0.6) is 0 Å². The van der Waals surface area contributed by atoms with E-state index in [9.17, 15) is 23.2 Å². The van der Waals surface area contributed by atoms with Gasteiger partial charge in [0.15, 0.2) is 11.6 Å². The number of rotatable bonds is 5. The van der Waals surface area contributed by atoms with E-state index >= 15 is 0 Å². The number of hydrogen-bond acceptors (Lipinski definition) is 4. The Kier molecular flexibility index (Phi) is 5.96. The monoisotopic (exact) mass is 394 g/mol. The molecule has 1 unspecified atom stereocenters. The Labute approximate surface area is 162 Å². The van der Waals surface area contributed by atoms with Gasteiger partial charge in [-0.2, -0.15) is 0 Å². The van der Waals surface area contributed by atoms with Gasteiger partial charge >= 0.3 is 5.97 Å². The average molecular weight is 394 g/mol. The molecule has 0 radical (unpaired) electrons. The molecule has 0 aliphatic carbocycles. The Morgan fingerprint density at radius 1 is 1.14 bits per heavy atom. The van der Waals surface area contributed by atoms with Gasteiger partial charge < -0.3 is 14.5 Å². The van der Waals surface area contributed by atoms with E-state index in [4.69, 9.17) is 0 Å². The van der Waals surface area contributed by atoms with Crippen molar-refractivity contribution >= 4 is 17.8 Å². The highest BCUT2D eigenvalue weighted by Crippen LogP contribution is 2.40. The van der Waals surface area contributed by atoms with Crippen LogP contribution in [0, 0.1) is 17.0 Å². The van der Waals surface area contributed by atoms with Crippen LogP contribution in [0.15, 0.2) is 18.2 Å². The summed E-state index contributed by atoms with van der Waals surface area (Å²) >= 11 is 0. The van der Waals surface area contributed by atoms with Crippen molar-refractivity contribution in [2.45, 2.75) is 38.6 Å². The van der Waals surface area contributed by atoms with Gasteiger partial charge in [0.1, 0.15) is 0 Å². The minimum atomic E-state index is -0.931. The minimum Gasteiger partial charge on any atom is -0.469 e. The summed E-state index contributed by atoms with van der Waals surface area (Å²) in [6.45, 7) is 1.58. The number of amides is 2. The largest absolute Gasteiger partial charge is 0.469 e. The van der Waals surface area contributed by atoms with Gasteiger partial charge in [-0.15, -0.1) is 0 Å². The van der Waals surface area contributed by atoms with Crippen molar-refractivity contribution in [1.29, 1.82) is 0 Å². The second-order valence-electron chi connectivity index (χ2n) is 7.50. The first kappa shape index (κ1) is 20.2. The van der Waals surface area contributed by atoms with E-state index in [1.807, 2.05) is 0 Å². The van der Waals surface area contributed by atoms with Crippen LogP contribution >= 0.6 is 0 Å². The van der Waals surface area contributed by atoms with Crippen molar-refractivity contribution in [2.24, 2.45) is 5.41 Å². The highest BCUT2D eigenvalue weighted by molar-refractivity contribution is 5.87. The summed E-state index contributed by atoms with van der Waals surface area (Å²) in [6.07, 6.45) is 2.15. The SMILES string of the molecule is COC(=O)CCC(=O)N1CCC2(CCCN(Cc3ccc(F)c(F)c3)C2=O)C1. The third-order valence-electron chi connectivity index (χ3n) is 5.66. The van der Waals surface area contributed by atoms with Crippen LogP contribution in [0.2, 0.25) is 0 Å². The lowest BCUT2D eigenvalue weighted by Gasteiger charge is -2.39. The lowest BCUT2D eigenvalue weighted by molar-refractivity contribution is -0.147. The number of nitrogens with zero attached hydrogens (tertiary/aromatic N) is 2. The quantitative estimate of drug-likeness (QED) is 0.719. The molecule has 0 N–H and O–H groups in total. The number of ether oxygens (including phenoxy) is 1. The highest BCUT2D eigenvalue weighted by atomic mass is 19.2. The summed E-state index contributed by atoms with van der Waals surface area (Å²) in [6, 6.07) is 3.65. The maximum atomic E-state index is 13.5. The Morgan fingerprint density at radius 3 is 2.64 bits per heavy atom. The first-order valence-electron chi connectivity index (χ1n) is 9.42.